The van der Waals surface area contributed by atoms with Crippen LogP contribution in [0, 0.1) is 11.3 Å². The van der Waals surface area contributed by atoms with Crippen LogP contribution in [0.5, 0.6) is 0 Å². The first kappa shape index (κ1) is 8.62. The maximum absolute atomic E-state index is 8.57. The van der Waals surface area contributed by atoms with E-state index in [0.29, 0.717) is 17.9 Å². The molecule has 0 fully saturated rings. The fourth-order valence-electron chi connectivity index (χ4n) is 0.711. The summed E-state index contributed by atoms with van der Waals surface area (Å²) in [4.78, 5) is 0. The highest BCUT2D eigenvalue weighted by molar-refractivity contribution is 6.25. The third-order valence-electron chi connectivity index (χ3n) is 1.25. The molecule has 0 atom stereocenters. The smallest absolute Gasteiger partial charge is 0.139 e. The Morgan fingerprint density at radius 1 is 1.83 bits per heavy atom. The Balaban J connectivity index is 2.57. The molecule has 2 N–H and O–H groups in total. The Hall–Kier alpha value is -1.47. The van der Waals surface area contributed by atoms with Crippen molar-refractivity contribution in [3.8, 4) is 6.07 Å². The fourth-order valence-corrected chi connectivity index (χ4v) is 0.800. The first-order valence-electron chi connectivity index (χ1n) is 3.31. The molecule has 0 saturated carbocycles. The van der Waals surface area contributed by atoms with Crippen LogP contribution < -0.4 is 5.32 Å². The molecule has 0 saturated heterocycles. The van der Waals surface area contributed by atoms with Gasteiger partial charge in [-0.3, -0.25) is 5.10 Å². The van der Waals surface area contributed by atoms with Gasteiger partial charge in [0.25, 0.3) is 0 Å². The van der Waals surface area contributed by atoms with E-state index in [1.807, 2.05) is 6.07 Å². The van der Waals surface area contributed by atoms with Gasteiger partial charge in [-0.05, 0) is 0 Å². The van der Waals surface area contributed by atoms with Crippen LogP contribution in [0.4, 0.5) is 5.82 Å². The van der Waals surface area contributed by atoms with Gasteiger partial charge in [-0.1, -0.05) is 17.7 Å². The van der Waals surface area contributed by atoms with Gasteiger partial charge >= 0.3 is 0 Å². The van der Waals surface area contributed by atoms with E-state index in [2.05, 4.69) is 15.5 Å². The summed E-state index contributed by atoms with van der Waals surface area (Å²) in [6.45, 7) is 0.570. The summed E-state index contributed by atoms with van der Waals surface area (Å²) in [6.07, 6.45) is 3.19. The van der Waals surface area contributed by atoms with Crippen molar-refractivity contribution in [2.75, 3.05) is 11.9 Å². The van der Waals surface area contributed by atoms with Gasteiger partial charge in [-0.25, -0.2) is 0 Å². The van der Waals surface area contributed by atoms with Gasteiger partial charge in [0.15, 0.2) is 0 Å². The van der Waals surface area contributed by atoms with Gasteiger partial charge in [0.05, 0.1) is 6.20 Å². The third-order valence-corrected chi connectivity index (χ3v) is 1.42. The maximum atomic E-state index is 8.57. The second kappa shape index (κ2) is 4.42. The van der Waals surface area contributed by atoms with E-state index < -0.39 is 0 Å². The minimum Gasteiger partial charge on any atom is -0.366 e. The molecule has 0 aliphatic heterocycles. The van der Waals surface area contributed by atoms with Crippen molar-refractivity contribution < 1.29 is 0 Å². The summed E-state index contributed by atoms with van der Waals surface area (Å²) in [7, 11) is 0. The van der Waals surface area contributed by atoms with Crippen molar-refractivity contribution in [1.29, 1.82) is 5.26 Å². The van der Waals surface area contributed by atoms with Crippen LogP contribution in [0.25, 0.3) is 0 Å². The topological polar surface area (TPSA) is 64.5 Å². The second-order valence-corrected chi connectivity index (χ2v) is 2.27. The van der Waals surface area contributed by atoms with E-state index in [1.165, 1.54) is 11.7 Å². The molecular weight excluding hydrogens is 176 g/mol. The van der Waals surface area contributed by atoms with Crippen LogP contribution in [0.2, 0.25) is 0 Å². The number of nitrogens with one attached hydrogen (secondary N) is 2. The minimum atomic E-state index is 0.498. The van der Waals surface area contributed by atoms with E-state index in [9.17, 15) is 0 Å². The number of nitriles is 1. The number of hydrogen-bond acceptors (Lipinski definition) is 3. The van der Waals surface area contributed by atoms with Crippen molar-refractivity contribution in [3.63, 3.8) is 0 Å². The Morgan fingerprint density at radius 2 is 2.67 bits per heavy atom. The molecule has 0 amide bonds. The van der Waals surface area contributed by atoms with Crippen LogP contribution in [0.15, 0.2) is 17.8 Å². The highest BCUT2D eigenvalue weighted by atomic mass is 35.5. The van der Waals surface area contributed by atoms with E-state index in [-0.39, 0.29) is 0 Å². The molecule has 1 heterocycles. The monoisotopic (exact) mass is 182 g/mol. The number of rotatable bonds is 3. The zero-order valence-electron chi connectivity index (χ0n) is 6.21. The first-order valence-corrected chi connectivity index (χ1v) is 3.74. The average molecular weight is 183 g/mol. The zero-order chi connectivity index (χ0) is 8.81. The lowest BCUT2D eigenvalue weighted by atomic mass is 10.3. The van der Waals surface area contributed by atoms with Crippen molar-refractivity contribution in [2.45, 2.75) is 0 Å². The largest absolute Gasteiger partial charge is 0.366 e. The molecule has 0 aromatic carbocycles. The zero-order valence-corrected chi connectivity index (χ0v) is 6.97. The molecule has 1 rings (SSSR count). The molecule has 0 spiro atoms. The molecule has 12 heavy (non-hydrogen) atoms. The molecule has 0 unspecified atom stereocenters. The predicted molar refractivity (Wildman–Crippen MR) is 46.8 cm³/mol. The summed E-state index contributed by atoms with van der Waals surface area (Å²) < 4.78 is 0. The molecule has 0 radical (unpaired) electrons. The summed E-state index contributed by atoms with van der Waals surface area (Å²) in [6, 6.07) is 1.99. The molecule has 1 aromatic heterocycles. The Bertz CT molecular complexity index is 309. The number of hydrogen-bond donors (Lipinski definition) is 2. The number of halogens is 1. The van der Waals surface area contributed by atoms with Crippen LogP contribution >= 0.6 is 11.6 Å². The number of aromatic amines is 1. The number of H-pyrrole nitrogens is 1. The Morgan fingerprint density at radius 3 is 3.33 bits per heavy atom. The number of anilines is 1. The van der Waals surface area contributed by atoms with Gasteiger partial charge < -0.3 is 5.32 Å². The predicted octanol–water partition coefficient (Wildman–Crippen LogP) is 1.45. The first-order chi connectivity index (χ1) is 5.88. The van der Waals surface area contributed by atoms with Crippen molar-refractivity contribution in [1.82, 2.24) is 10.2 Å². The van der Waals surface area contributed by atoms with Gasteiger partial charge in [-0.2, -0.15) is 10.4 Å². The van der Waals surface area contributed by atoms with Gasteiger partial charge in [-0.15, -0.1) is 0 Å². The third kappa shape index (κ3) is 2.01. The van der Waals surface area contributed by atoms with E-state index in [1.54, 1.807) is 6.08 Å². The lowest BCUT2D eigenvalue weighted by molar-refractivity contribution is 1.08. The quantitative estimate of drug-likeness (QED) is 0.744. The summed E-state index contributed by atoms with van der Waals surface area (Å²) in [5, 5.41) is 17.9. The molecule has 0 aliphatic rings. The minimum absolute atomic E-state index is 0.498. The fraction of sp³-hybridized carbons (Fsp3) is 0.143. The molecular formula is C7H7ClN4. The van der Waals surface area contributed by atoms with Crippen LogP contribution in [-0.2, 0) is 0 Å². The Kier molecular flexibility index (Phi) is 3.17. The van der Waals surface area contributed by atoms with Gasteiger partial charge in [0, 0.05) is 12.1 Å². The molecule has 62 valence electrons. The molecule has 5 heteroatoms. The Labute approximate surface area is 74.8 Å². The normalized spacial score (nSPS) is 10.0. The summed E-state index contributed by atoms with van der Waals surface area (Å²) >= 11 is 5.30. The molecule has 0 aliphatic carbocycles. The lowest BCUT2D eigenvalue weighted by Gasteiger charge is -1.97. The summed E-state index contributed by atoms with van der Waals surface area (Å²) in [5.74, 6) is 0.618. The summed E-state index contributed by atoms with van der Waals surface area (Å²) in [5.41, 5.74) is 1.91. The van der Waals surface area contributed by atoms with Crippen molar-refractivity contribution >= 4 is 17.4 Å². The molecule has 0 bridgehead atoms. The van der Waals surface area contributed by atoms with Crippen LogP contribution in [0.1, 0.15) is 5.56 Å². The number of aromatic nitrogens is 2. The number of nitrogens with zero attached hydrogens (tertiary/aromatic N) is 2. The maximum Gasteiger partial charge on any atom is 0.139 e. The SMILES string of the molecule is N#Cc1cn[nH]c1NC/C=C/Cl. The van der Waals surface area contributed by atoms with Gasteiger partial charge in [0.2, 0.25) is 0 Å². The second-order valence-electron chi connectivity index (χ2n) is 2.01. The van der Waals surface area contributed by atoms with Crippen LogP contribution in [0.3, 0.4) is 0 Å². The highest BCUT2D eigenvalue weighted by Crippen LogP contribution is 2.07. The molecule has 4 nitrogen and oxygen atoms in total. The van der Waals surface area contributed by atoms with Crippen molar-refractivity contribution in [2.24, 2.45) is 0 Å². The molecule has 1 aromatic rings. The average Bonchev–Trinajstić information content (AvgIpc) is 2.52. The lowest BCUT2D eigenvalue weighted by Crippen LogP contribution is -1.99. The van der Waals surface area contributed by atoms with E-state index in [4.69, 9.17) is 16.9 Å². The van der Waals surface area contributed by atoms with Crippen LogP contribution in [-0.4, -0.2) is 16.7 Å². The van der Waals surface area contributed by atoms with Crippen molar-refractivity contribution in [3.05, 3.63) is 23.4 Å². The standard InChI is InChI=1S/C7H7ClN4/c8-2-1-3-10-7-6(4-9)5-11-12-7/h1-2,5H,3H2,(H2,10,11,12)/b2-1+. The highest BCUT2D eigenvalue weighted by Gasteiger charge is 2.00. The van der Waals surface area contributed by atoms with E-state index in [0.717, 1.165) is 0 Å². The van der Waals surface area contributed by atoms with E-state index >= 15 is 0 Å². The van der Waals surface area contributed by atoms with Gasteiger partial charge in [0.1, 0.15) is 17.5 Å².